The number of hydrogen-bond donors (Lipinski definition) is 0. The zero-order chi connectivity index (χ0) is 16.9. The van der Waals surface area contributed by atoms with Gasteiger partial charge in [0, 0.05) is 12.0 Å². The second-order valence-electron chi connectivity index (χ2n) is 6.00. The molecule has 0 fully saturated rings. The first-order chi connectivity index (χ1) is 11.7. The summed E-state index contributed by atoms with van der Waals surface area (Å²) in [6, 6.07) is 15.9. The minimum atomic E-state index is 0.0343. The Hall–Kier alpha value is -2.49. The Morgan fingerprint density at radius 2 is 1.96 bits per heavy atom. The van der Waals surface area contributed by atoms with Crippen molar-refractivity contribution in [2.24, 2.45) is 0 Å². The smallest absolute Gasteiger partial charge is 0.223 e. The predicted molar refractivity (Wildman–Crippen MR) is 93.4 cm³/mol. The van der Waals surface area contributed by atoms with Crippen molar-refractivity contribution in [1.29, 1.82) is 0 Å². The Kier molecular flexibility index (Phi) is 5.04. The molecule has 0 spiro atoms. The lowest BCUT2D eigenvalue weighted by Gasteiger charge is -2.27. The number of carbonyl (C=O) groups excluding carboxylic acids is 1. The van der Waals surface area contributed by atoms with E-state index in [1.54, 1.807) is 7.11 Å². The van der Waals surface area contributed by atoms with E-state index >= 15 is 0 Å². The molecule has 24 heavy (non-hydrogen) atoms. The summed E-state index contributed by atoms with van der Waals surface area (Å²) in [5, 5.41) is 0. The zero-order valence-electron chi connectivity index (χ0n) is 14.2. The lowest BCUT2D eigenvalue weighted by atomic mass is 10.0. The molecule has 0 aliphatic carbocycles. The number of nitrogens with zero attached hydrogens (tertiary/aromatic N) is 1. The van der Waals surface area contributed by atoms with E-state index in [1.165, 1.54) is 0 Å². The monoisotopic (exact) mass is 325 g/mol. The molecule has 4 nitrogen and oxygen atoms in total. The number of ether oxygens (including phenoxy) is 2. The molecule has 4 heteroatoms. The number of benzene rings is 2. The third-order valence-corrected chi connectivity index (χ3v) is 4.53. The average molecular weight is 325 g/mol. The van der Waals surface area contributed by atoms with Crippen molar-refractivity contribution >= 4 is 5.91 Å². The SMILES string of the molecule is COc1ccc(CCC(=O)N2CCOc3ccccc3C2C)cc1. The number of methoxy groups -OCH3 is 1. The van der Waals surface area contributed by atoms with Gasteiger partial charge in [-0.3, -0.25) is 4.79 Å². The molecular formula is C20H23NO3. The van der Waals surface area contributed by atoms with Gasteiger partial charge in [-0.05, 0) is 37.1 Å². The van der Waals surface area contributed by atoms with Gasteiger partial charge in [-0.2, -0.15) is 0 Å². The Bertz CT molecular complexity index is 696. The van der Waals surface area contributed by atoms with E-state index in [9.17, 15) is 4.79 Å². The van der Waals surface area contributed by atoms with Gasteiger partial charge in [-0.1, -0.05) is 30.3 Å². The van der Waals surface area contributed by atoms with Gasteiger partial charge >= 0.3 is 0 Å². The van der Waals surface area contributed by atoms with Crippen LogP contribution in [-0.4, -0.2) is 31.1 Å². The van der Waals surface area contributed by atoms with Crippen LogP contribution in [0.1, 0.15) is 30.5 Å². The summed E-state index contributed by atoms with van der Waals surface area (Å²) in [4.78, 5) is 14.6. The minimum Gasteiger partial charge on any atom is -0.497 e. The molecule has 1 atom stereocenters. The van der Waals surface area contributed by atoms with E-state index in [0.717, 1.165) is 29.0 Å². The van der Waals surface area contributed by atoms with Crippen molar-refractivity contribution < 1.29 is 14.3 Å². The van der Waals surface area contributed by atoms with Crippen LogP contribution in [0.5, 0.6) is 11.5 Å². The summed E-state index contributed by atoms with van der Waals surface area (Å²) in [5.74, 6) is 1.88. The number of hydrogen-bond acceptors (Lipinski definition) is 3. The van der Waals surface area contributed by atoms with Gasteiger partial charge in [-0.25, -0.2) is 0 Å². The summed E-state index contributed by atoms with van der Waals surface area (Å²) in [7, 11) is 1.65. The van der Waals surface area contributed by atoms with Crippen molar-refractivity contribution in [3.05, 3.63) is 59.7 Å². The maximum atomic E-state index is 12.7. The lowest BCUT2D eigenvalue weighted by molar-refractivity contribution is -0.133. The van der Waals surface area contributed by atoms with E-state index in [2.05, 4.69) is 6.92 Å². The summed E-state index contributed by atoms with van der Waals surface area (Å²) >= 11 is 0. The van der Waals surface area contributed by atoms with Gasteiger partial charge in [0.2, 0.25) is 5.91 Å². The standard InChI is InChI=1S/C20H23NO3/c1-15-18-5-3-4-6-19(18)24-14-13-21(15)20(22)12-9-16-7-10-17(23-2)11-8-16/h3-8,10-11,15H,9,12-14H2,1-2H3. The molecule has 1 amide bonds. The molecule has 0 N–H and O–H groups in total. The molecule has 126 valence electrons. The fourth-order valence-corrected chi connectivity index (χ4v) is 3.10. The van der Waals surface area contributed by atoms with E-state index in [1.807, 2.05) is 53.4 Å². The summed E-state index contributed by atoms with van der Waals surface area (Å²) in [6.07, 6.45) is 1.23. The van der Waals surface area contributed by atoms with Gasteiger partial charge in [0.05, 0.1) is 19.7 Å². The van der Waals surface area contributed by atoms with Crippen molar-refractivity contribution in [2.75, 3.05) is 20.3 Å². The molecule has 0 radical (unpaired) electrons. The Morgan fingerprint density at radius 3 is 2.71 bits per heavy atom. The molecule has 1 heterocycles. The minimum absolute atomic E-state index is 0.0343. The van der Waals surface area contributed by atoms with E-state index < -0.39 is 0 Å². The zero-order valence-corrected chi connectivity index (χ0v) is 14.2. The van der Waals surface area contributed by atoms with E-state index in [4.69, 9.17) is 9.47 Å². The van der Waals surface area contributed by atoms with Crippen LogP contribution in [0.4, 0.5) is 0 Å². The average Bonchev–Trinajstić information content (AvgIpc) is 2.79. The number of fused-ring (bicyclic) bond motifs is 1. The Balaban J connectivity index is 1.65. The maximum absolute atomic E-state index is 12.7. The lowest BCUT2D eigenvalue weighted by Crippen LogP contribution is -2.35. The fraction of sp³-hybridized carbons (Fsp3) is 0.350. The maximum Gasteiger partial charge on any atom is 0.223 e. The number of aryl methyl sites for hydroxylation is 1. The second-order valence-corrected chi connectivity index (χ2v) is 6.00. The largest absolute Gasteiger partial charge is 0.497 e. The summed E-state index contributed by atoms with van der Waals surface area (Å²) in [5.41, 5.74) is 2.22. The molecule has 2 aromatic rings. The molecular weight excluding hydrogens is 302 g/mol. The number of para-hydroxylation sites is 1. The molecule has 0 saturated heterocycles. The van der Waals surface area contributed by atoms with Crippen molar-refractivity contribution in [2.45, 2.75) is 25.8 Å². The Morgan fingerprint density at radius 1 is 1.21 bits per heavy atom. The molecule has 3 rings (SSSR count). The number of carbonyl (C=O) groups is 1. The quantitative estimate of drug-likeness (QED) is 0.862. The van der Waals surface area contributed by atoms with Crippen LogP contribution in [0.2, 0.25) is 0 Å². The first-order valence-corrected chi connectivity index (χ1v) is 8.33. The normalized spacial score (nSPS) is 16.8. The first kappa shape index (κ1) is 16.4. The molecule has 0 aromatic heterocycles. The van der Waals surface area contributed by atoms with E-state index in [-0.39, 0.29) is 11.9 Å². The van der Waals surface area contributed by atoms with Crippen LogP contribution >= 0.6 is 0 Å². The second kappa shape index (κ2) is 7.39. The van der Waals surface area contributed by atoms with Gasteiger partial charge < -0.3 is 14.4 Å². The number of amides is 1. The molecule has 0 saturated carbocycles. The summed E-state index contributed by atoms with van der Waals surface area (Å²) < 4.78 is 10.9. The van der Waals surface area contributed by atoms with Crippen LogP contribution in [-0.2, 0) is 11.2 Å². The highest BCUT2D eigenvalue weighted by atomic mass is 16.5. The highest BCUT2D eigenvalue weighted by Crippen LogP contribution is 2.31. The predicted octanol–water partition coefficient (Wildman–Crippen LogP) is 3.61. The van der Waals surface area contributed by atoms with Crippen molar-refractivity contribution in [3.63, 3.8) is 0 Å². The van der Waals surface area contributed by atoms with Crippen LogP contribution in [0.3, 0.4) is 0 Å². The number of rotatable bonds is 4. The summed E-state index contributed by atoms with van der Waals surface area (Å²) in [6.45, 7) is 3.23. The topological polar surface area (TPSA) is 38.8 Å². The highest BCUT2D eigenvalue weighted by molar-refractivity contribution is 5.77. The van der Waals surface area contributed by atoms with E-state index in [0.29, 0.717) is 19.6 Å². The molecule has 1 aliphatic heterocycles. The molecule has 0 bridgehead atoms. The van der Waals surface area contributed by atoms with Crippen LogP contribution in [0, 0.1) is 0 Å². The third-order valence-electron chi connectivity index (χ3n) is 4.53. The van der Waals surface area contributed by atoms with Gasteiger partial charge in [0.1, 0.15) is 18.1 Å². The van der Waals surface area contributed by atoms with Crippen LogP contribution in [0.15, 0.2) is 48.5 Å². The van der Waals surface area contributed by atoms with Crippen molar-refractivity contribution in [3.8, 4) is 11.5 Å². The third kappa shape index (κ3) is 3.53. The van der Waals surface area contributed by atoms with Gasteiger partial charge in [-0.15, -0.1) is 0 Å². The van der Waals surface area contributed by atoms with Gasteiger partial charge in [0.15, 0.2) is 0 Å². The molecule has 1 aliphatic rings. The highest BCUT2D eigenvalue weighted by Gasteiger charge is 2.26. The first-order valence-electron chi connectivity index (χ1n) is 8.33. The Labute approximate surface area is 143 Å². The van der Waals surface area contributed by atoms with Gasteiger partial charge in [0.25, 0.3) is 0 Å². The molecule has 1 unspecified atom stereocenters. The molecule has 2 aromatic carbocycles. The van der Waals surface area contributed by atoms with Crippen molar-refractivity contribution in [1.82, 2.24) is 4.90 Å². The van der Waals surface area contributed by atoms with Crippen LogP contribution in [0.25, 0.3) is 0 Å². The van der Waals surface area contributed by atoms with Crippen LogP contribution < -0.4 is 9.47 Å². The fourth-order valence-electron chi connectivity index (χ4n) is 3.10.